The van der Waals surface area contributed by atoms with Gasteiger partial charge in [0.15, 0.2) is 0 Å². The van der Waals surface area contributed by atoms with Crippen LogP contribution in [0.5, 0.6) is 0 Å². The minimum atomic E-state index is -0.203. The molecule has 1 atom stereocenters. The first-order chi connectivity index (χ1) is 15.1. The number of amides is 1. The fourth-order valence-electron chi connectivity index (χ4n) is 4.09. The number of rotatable bonds is 4. The number of benzene rings is 3. The van der Waals surface area contributed by atoms with Gasteiger partial charge in [0.2, 0.25) is 0 Å². The van der Waals surface area contributed by atoms with Crippen molar-refractivity contribution >= 4 is 46.2 Å². The maximum Gasteiger partial charge on any atom is 0.286 e. The van der Waals surface area contributed by atoms with Crippen LogP contribution in [0, 0.1) is 0 Å². The van der Waals surface area contributed by atoms with Gasteiger partial charge in [-0.15, -0.1) is 0 Å². The molecule has 5 rings (SSSR count). The molecule has 1 unspecified atom stereocenters. The smallest absolute Gasteiger partial charge is 0.285 e. The van der Waals surface area contributed by atoms with E-state index in [4.69, 9.17) is 28.3 Å². The van der Waals surface area contributed by atoms with E-state index in [-0.39, 0.29) is 11.9 Å². The molecule has 31 heavy (non-hydrogen) atoms. The molecule has 2 heterocycles. The van der Waals surface area contributed by atoms with Crippen molar-refractivity contribution in [3.8, 4) is 0 Å². The Morgan fingerprint density at radius 1 is 0.935 bits per heavy atom. The van der Waals surface area contributed by atoms with Crippen molar-refractivity contribution in [1.29, 1.82) is 0 Å². The number of hydrogen-bond donors (Lipinski definition) is 1. The summed E-state index contributed by atoms with van der Waals surface area (Å²) in [6.45, 7) is 0.743. The minimum absolute atomic E-state index is 0.149. The van der Waals surface area contributed by atoms with Gasteiger partial charge in [0.1, 0.15) is 5.71 Å². The first-order valence-corrected chi connectivity index (χ1v) is 10.9. The molecule has 2 aliphatic heterocycles. The van der Waals surface area contributed by atoms with Crippen molar-refractivity contribution < 1.29 is 4.79 Å². The molecule has 3 aromatic carbocycles. The third-order valence-electron chi connectivity index (χ3n) is 5.65. The van der Waals surface area contributed by atoms with E-state index in [1.807, 2.05) is 76.7 Å². The molecule has 0 saturated carbocycles. The molecule has 0 radical (unpaired) electrons. The topological polar surface area (TPSA) is 47.9 Å². The van der Waals surface area contributed by atoms with Crippen LogP contribution in [-0.4, -0.2) is 18.2 Å². The zero-order valence-corrected chi connectivity index (χ0v) is 18.1. The Bertz CT molecular complexity index is 1160. The summed E-state index contributed by atoms with van der Waals surface area (Å²) in [5.41, 5.74) is 7.53. The van der Waals surface area contributed by atoms with Crippen LogP contribution < -0.4 is 15.4 Å². The van der Waals surface area contributed by atoms with Crippen molar-refractivity contribution in [2.45, 2.75) is 18.9 Å². The SMILES string of the molecule is O=C(NN1CCc2ccccc21)C1=NN(c2ccccc2Cl)C(c2ccc(Cl)cc2)C1. The average molecular weight is 451 g/mol. The normalized spacial score (nSPS) is 17.5. The van der Waals surface area contributed by atoms with Crippen molar-refractivity contribution in [3.05, 3.63) is 94.0 Å². The molecular weight excluding hydrogens is 431 g/mol. The second-order valence-corrected chi connectivity index (χ2v) is 8.43. The highest BCUT2D eigenvalue weighted by Gasteiger charge is 2.34. The van der Waals surface area contributed by atoms with Gasteiger partial charge in [0.25, 0.3) is 5.91 Å². The number of nitrogens with one attached hydrogen (secondary N) is 1. The largest absolute Gasteiger partial charge is 0.286 e. The molecule has 7 heteroatoms. The summed E-state index contributed by atoms with van der Waals surface area (Å²) < 4.78 is 0. The van der Waals surface area contributed by atoms with Crippen LogP contribution in [-0.2, 0) is 11.2 Å². The molecule has 3 aromatic rings. The van der Waals surface area contributed by atoms with Gasteiger partial charge >= 0.3 is 0 Å². The number of halogens is 2. The third kappa shape index (κ3) is 3.87. The molecular formula is C24H20Cl2N4O. The Morgan fingerprint density at radius 2 is 1.65 bits per heavy atom. The number of hydrazine groups is 1. The van der Waals surface area contributed by atoms with Gasteiger partial charge in [-0.25, -0.2) is 0 Å². The van der Waals surface area contributed by atoms with E-state index >= 15 is 0 Å². The van der Waals surface area contributed by atoms with Gasteiger partial charge in [0.05, 0.1) is 22.4 Å². The van der Waals surface area contributed by atoms with Gasteiger partial charge in [-0.3, -0.25) is 20.2 Å². The maximum absolute atomic E-state index is 13.1. The van der Waals surface area contributed by atoms with E-state index < -0.39 is 0 Å². The highest BCUT2D eigenvalue weighted by Crippen LogP contribution is 2.39. The van der Waals surface area contributed by atoms with E-state index in [0.717, 1.165) is 29.9 Å². The van der Waals surface area contributed by atoms with Crippen molar-refractivity contribution in [3.63, 3.8) is 0 Å². The quantitative estimate of drug-likeness (QED) is 0.578. The lowest BCUT2D eigenvalue weighted by Gasteiger charge is -2.24. The lowest BCUT2D eigenvalue weighted by atomic mass is 10.0. The predicted octanol–water partition coefficient (Wildman–Crippen LogP) is 5.39. The lowest BCUT2D eigenvalue weighted by molar-refractivity contribution is -0.115. The molecule has 0 saturated heterocycles. The van der Waals surface area contributed by atoms with Gasteiger partial charge in [0, 0.05) is 18.0 Å². The van der Waals surface area contributed by atoms with Crippen LogP contribution in [0.4, 0.5) is 11.4 Å². The summed E-state index contributed by atoms with van der Waals surface area (Å²) in [4.78, 5) is 13.1. The van der Waals surface area contributed by atoms with Crippen LogP contribution in [0.3, 0.4) is 0 Å². The van der Waals surface area contributed by atoms with E-state index in [1.54, 1.807) is 0 Å². The number of hydrogen-bond acceptors (Lipinski definition) is 4. The second-order valence-electron chi connectivity index (χ2n) is 7.59. The zero-order valence-electron chi connectivity index (χ0n) is 16.6. The van der Waals surface area contributed by atoms with Crippen LogP contribution in [0.1, 0.15) is 23.6 Å². The highest BCUT2D eigenvalue weighted by atomic mass is 35.5. The Balaban J connectivity index is 1.43. The standard InChI is InChI=1S/C24H20Cl2N4O/c25-18-11-9-17(10-12-18)23-15-20(27-30(23)22-8-4-2-6-19(22)26)24(31)28-29-14-13-16-5-1-3-7-21(16)29/h1-12,23H,13-15H2,(H,28,31). The van der Waals surface area contributed by atoms with E-state index in [2.05, 4.69) is 11.5 Å². The first kappa shape index (κ1) is 19.9. The number of para-hydroxylation sites is 2. The van der Waals surface area contributed by atoms with Crippen LogP contribution in [0.15, 0.2) is 77.9 Å². The summed E-state index contributed by atoms with van der Waals surface area (Å²) in [6.07, 6.45) is 1.37. The van der Waals surface area contributed by atoms with E-state index in [1.165, 1.54) is 5.56 Å². The number of carbonyl (C=O) groups excluding carboxylic acids is 1. The Kier molecular flexibility index (Phi) is 5.30. The number of carbonyl (C=O) groups is 1. The van der Waals surface area contributed by atoms with Gasteiger partial charge in [-0.05, 0) is 47.9 Å². The number of fused-ring (bicyclic) bond motifs is 1. The fraction of sp³-hybridized carbons (Fsp3) is 0.167. The molecule has 156 valence electrons. The molecule has 0 fully saturated rings. The number of nitrogens with zero attached hydrogens (tertiary/aromatic N) is 3. The monoisotopic (exact) mass is 450 g/mol. The summed E-state index contributed by atoms with van der Waals surface area (Å²) in [7, 11) is 0. The molecule has 0 bridgehead atoms. The molecule has 0 spiro atoms. The molecule has 5 nitrogen and oxygen atoms in total. The highest BCUT2D eigenvalue weighted by molar-refractivity contribution is 6.40. The zero-order chi connectivity index (χ0) is 21.4. The molecule has 1 N–H and O–H groups in total. The second kappa shape index (κ2) is 8.25. The fourth-order valence-corrected chi connectivity index (χ4v) is 4.44. The summed E-state index contributed by atoms with van der Waals surface area (Å²) in [6, 6.07) is 23.1. The number of hydrazone groups is 1. The molecule has 2 aliphatic rings. The lowest BCUT2D eigenvalue weighted by Crippen LogP contribution is -2.44. The first-order valence-electron chi connectivity index (χ1n) is 10.1. The molecule has 0 aliphatic carbocycles. The van der Waals surface area contributed by atoms with Crippen molar-refractivity contribution in [2.75, 3.05) is 16.6 Å². The van der Waals surface area contributed by atoms with Gasteiger partial charge in [-0.2, -0.15) is 5.10 Å². The van der Waals surface area contributed by atoms with Crippen LogP contribution in [0.25, 0.3) is 0 Å². The summed E-state index contributed by atoms with van der Waals surface area (Å²) in [5, 5.41) is 9.67. The van der Waals surface area contributed by atoms with Crippen molar-refractivity contribution in [2.24, 2.45) is 5.10 Å². The third-order valence-corrected chi connectivity index (χ3v) is 6.22. The van der Waals surface area contributed by atoms with E-state index in [0.29, 0.717) is 22.2 Å². The van der Waals surface area contributed by atoms with Gasteiger partial charge < -0.3 is 0 Å². The van der Waals surface area contributed by atoms with Crippen molar-refractivity contribution in [1.82, 2.24) is 5.43 Å². The minimum Gasteiger partial charge on any atom is -0.285 e. The Labute approximate surface area is 190 Å². The van der Waals surface area contributed by atoms with Crippen LogP contribution in [0.2, 0.25) is 10.0 Å². The maximum atomic E-state index is 13.1. The Hall–Kier alpha value is -3.02. The predicted molar refractivity (Wildman–Crippen MR) is 126 cm³/mol. The Morgan fingerprint density at radius 3 is 2.42 bits per heavy atom. The molecule has 1 amide bonds. The summed E-state index contributed by atoms with van der Waals surface area (Å²) in [5.74, 6) is -0.203. The number of anilines is 2. The average Bonchev–Trinajstić information content (AvgIpc) is 3.40. The molecule has 0 aromatic heterocycles. The van der Waals surface area contributed by atoms with E-state index in [9.17, 15) is 4.79 Å². The van der Waals surface area contributed by atoms with Crippen LogP contribution >= 0.6 is 23.2 Å². The van der Waals surface area contributed by atoms with Gasteiger partial charge in [-0.1, -0.05) is 65.7 Å². The summed E-state index contributed by atoms with van der Waals surface area (Å²) >= 11 is 12.5.